The zero-order valence-electron chi connectivity index (χ0n) is 12.7. The van der Waals surface area contributed by atoms with Crippen LogP contribution >= 0.6 is 0 Å². The zero-order chi connectivity index (χ0) is 14.9. The summed E-state index contributed by atoms with van der Waals surface area (Å²) < 4.78 is 13.1. The second kappa shape index (κ2) is 8.32. The van der Waals surface area contributed by atoms with Crippen molar-refractivity contribution in [2.45, 2.75) is 19.9 Å². The van der Waals surface area contributed by atoms with Gasteiger partial charge >= 0.3 is 0 Å². The maximum absolute atomic E-state index is 5.80. The van der Waals surface area contributed by atoms with E-state index >= 15 is 0 Å². The monoisotopic (exact) mass is 289 g/mol. The van der Waals surface area contributed by atoms with Gasteiger partial charge in [0.2, 0.25) is 0 Å². The van der Waals surface area contributed by atoms with Gasteiger partial charge in [-0.05, 0) is 19.0 Å². The highest BCUT2D eigenvalue weighted by atomic mass is 16.5. The van der Waals surface area contributed by atoms with Gasteiger partial charge in [0.05, 0.1) is 12.4 Å². The first-order chi connectivity index (χ1) is 10.3. The summed E-state index contributed by atoms with van der Waals surface area (Å²) in [6, 6.07) is 8.09. The smallest absolute Gasteiger partial charge is 0.157 e. The van der Waals surface area contributed by atoms with Crippen LogP contribution in [0.4, 0.5) is 0 Å². The van der Waals surface area contributed by atoms with Crippen LogP contribution in [0.15, 0.2) is 36.7 Å². The number of ether oxygens (including phenoxy) is 2. The van der Waals surface area contributed by atoms with Crippen LogP contribution in [0.1, 0.15) is 18.9 Å². The molecule has 0 saturated heterocycles. The van der Waals surface area contributed by atoms with E-state index in [0.717, 1.165) is 31.0 Å². The molecule has 0 spiro atoms. The van der Waals surface area contributed by atoms with E-state index in [1.807, 2.05) is 31.4 Å². The lowest BCUT2D eigenvalue weighted by Gasteiger charge is -2.12. The molecule has 5 nitrogen and oxygen atoms in total. The summed E-state index contributed by atoms with van der Waals surface area (Å²) in [4.78, 5) is 0. The van der Waals surface area contributed by atoms with Gasteiger partial charge in [0.15, 0.2) is 5.75 Å². The molecule has 0 saturated carbocycles. The van der Waals surface area contributed by atoms with E-state index in [-0.39, 0.29) is 0 Å². The van der Waals surface area contributed by atoms with Crippen molar-refractivity contribution in [3.63, 3.8) is 0 Å². The van der Waals surface area contributed by atoms with Gasteiger partial charge in [-0.25, -0.2) is 0 Å². The Balaban J connectivity index is 1.77. The molecular formula is C16H23N3O2. The average molecular weight is 289 g/mol. The lowest BCUT2D eigenvalue weighted by Crippen LogP contribution is -2.15. The maximum Gasteiger partial charge on any atom is 0.157 e. The zero-order valence-corrected chi connectivity index (χ0v) is 12.7. The van der Waals surface area contributed by atoms with E-state index in [2.05, 4.69) is 23.4 Å². The maximum atomic E-state index is 5.80. The molecule has 0 atom stereocenters. The molecule has 21 heavy (non-hydrogen) atoms. The molecule has 0 bridgehead atoms. The molecule has 114 valence electrons. The third-order valence-electron chi connectivity index (χ3n) is 3.01. The Morgan fingerprint density at radius 2 is 2.00 bits per heavy atom. The standard InChI is InChI=1S/C16H23N3O2/c1-3-8-17-11-14-6-4-5-7-16(14)21-10-9-20-15-12-18-19(2)13-15/h4-7,12-13,17H,3,8-11H2,1-2H3. The minimum atomic E-state index is 0.502. The number of hydrogen-bond acceptors (Lipinski definition) is 4. The fourth-order valence-electron chi connectivity index (χ4n) is 1.97. The molecular weight excluding hydrogens is 266 g/mol. The second-order valence-corrected chi connectivity index (χ2v) is 4.83. The molecule has 0 aliphatic heterocycles. The van der Waals surface area contributed by atoms with Crippen molar-refractivity contribution in [3.8, 4) is 11.5 Å². The van der Waals surface area contributed by atoms with Gasteiger partial charge < -0.3 is 14.8 Å². The van der Waals surface area contributed by atoms with Crippen LogP contribution in [0, 0.1) is 0 Å². The van der Waals surface area contributed by atoms with Gasteiger partial charge in [0, 0.05) is 19.2 Å². The Labute approximate surface area is 125 Å². The third kappa shape index (κ3) is 5.11. The molecule has 1 aromatic heterocycles. The predicted molar refractivity (Wildman–Crippen MR) is 82.6 cm³/mol. The number of aromatic nitrogens is 2. The van der Waals surface area contributed by atoms with E-state index < -0.39 is 0 Å². The first kappa shape index (κ1) is 15.4. The van der Waals surface area contributed by atoms with Crippen LogP contribution in [0.5, 0.6) is 11.5 Å². The highest BCUT2D eigenvalue weighted by Gasteiger charge is 2.03. The molecule has 2 aromatic rings. The summed E-state index contributed by atoms with van der Waals surface area (Å²) in [7, 11) is 1.86. The molecule has 1 heterocycles. The summed E-state index contributed by atoms with van der Waals surface area (Å²) in [6.45, 7) is 5.01. The van der Waals surface area contributed by atoms with Crippen LogP contribution in [-0.2, 0) is 13.6 Å². The summed E-state index contributed by atoms with van der Waals surface area (Å²) in [5, 5.41) is 7.44. The van der Waals surface area contributed by atoms with Crippen molar-refractivity contribution in [2.75, 3.05) is 19.8 Å². The summed E-state index contributed by atoms with van der Waals surface area (Å²) in [6.07, 6.45) is 4.66. The van der Waals surface area contributed by atoms with Crippen LogP contribution in [0.2, 0.25) is 0 Å². The Morgan fingerprint density at radius 3 is 2.76 bits per heavy atom. The Bertz CT molecular complexity index is 540. The highest BCUT2D eigenvalue weighted by molar-refractivity contribution is 5.33. The molecule has 0 radical (unpaired) electrons. The van der Waals surface area contributed by atoms with Crippen molar-refractivity contribution in [1.29, 1.82) is 0 Å². The Kier molecular flexibility index (Phi) is 6.09. The quantitative estimate of drug-likeness (QED) is 0.720. The minimum Gasteiger partial charge on any atom is -0.490 e. The topological polar surface area (TPSA) is 48.3 Å². The largest absolute Gasteiger partial charge is 0.490 e. The summed E-state index contributed by atoms with van der Waals surface area (Å²) in [5.41, 5.74) is 1.17. The predicted octanol–water partition coefficient (Wildman–Crippen LogP) is 2.38. The SMILES string of the molecule is CCCNCc1ccccc1OCCOc1cnn(C)c1. The van der Waals surface area contributed by atoms with Crippen molar-refractivity contribution < 1.29 is 9.47 Å². The van der Waals surface area contributed by atoms with Crippen molar-refractivity contribution >= 4 is 0 Å². The van der Waals surface area contributed by atoms with E-state index in [1.165, 1.54) is 5.56 Å². The highest BCUT2D eigenvalue weighted by Crippen LogP contribution is 2.17. The number of nitrogens with one attached hydrogen (secondary N) is 1. The Hall–Kier alpha value is -2.01. The third-order valence-corrected chi connectivity index (χ3v) is 3.01. The minimum absolute atomic E-state index is 0.502. The molecule has 0 unspecified atom stereocenters. The molecule has 1 aromatic carbocycles. The van der Waals surface area contributed by atoms with E-state index in [0.29, 0.717) is 13.2 Å². The molecule has 1 N–H and O–H groups in total. The van der Waals surface area contributed by atoms with Gasteiger partial charge in [0.1, 0.15) is 19.0 Å². The summed E-state index contributed by atoms with van der Waals surface area (Å²) in [5.74, 6) is 1.68. The molecule has 0 fully saturated rings. The molecule has 0 aliphatic carbocycles. The Morgan fingerprint density at radius 1 is 1.19 bits per heavy atom. The number of para-hydroxylation sites is 1. The first-order valence-electron chi connectivity index (χ1n) is 7.32. The van der Waals surface area contributed by atoms with E-state index in [4.69, 9.17) is 9.47 Å². The summed E-state index contributed by atoms with van der Waals surface area (Å²) >= 11 is 0. The lowest BCUT2D eigenvalue weighted by molar-refractivity contribution is 0.215. The number of aryl methyl sites for hydroxylation is 1. The van der Waals surface area contributed by atoms with Gasteiger partial charge in [-0.3, -0.25) is 4.68 Å². The van der Waals surface area contributed by atoms with Crippen LogP contribution in [0.25, 0.3) is 0 Å². The van der Waals surface area contributed by atoms with Gasteiger partial charge in [-0.2, -0.15) is 5.10 Å². The lowest BCUT2D eigenvalue weighted by atomic mass is 10.2. The van der Waals surface area contributed by atoms with Crippen LogP contribution in [0.3, 0.4) is 0 Å². The van der Waals surface area contributed by atoms with Crippen molar-refractivity contribution in [1.82, 2.24) is 15.1 Å². The molecule has 0 amide bonds. The number of hydrogen-bond donors (Lipinski definition) is 1. The van der Waals surface area contributed by atoms with Gasteiger partial charge in [-0.1, -0.05) is 25.1 Å². The van der Waals surface area contributed by atoms with E-state index in [1.54, 1.807) is 10.9 Å². The van der Waals surface area contributed by atoms with Crippen molar-refractivity contribution in [2.24, 2.45) is 7.05 Å². The second-order valence-electron chi connectivity index (χ2n) is 4.83. The van der Waals surface area contributed by atoms with Crippen LogP contribution in [-0.4, -0.2) is 29.5 Å². The fourth-order valence-corrected chi connectivity index (χ4v) is 1.97. The number of rotatable bonds is 9. The van der Waals surface area contributed by atoms with Crippen molar-refractivity contribution in [3.05, 3.63) is 42.2 Å². The first-order valence-corrected chi connectivity index (χ1v) is 7.32. The normalized spacial score (nSPS) is 10.6. The van der Waals surface area contributed by atoms with E-state index in [9.17, 15) is 0 Å². The molecule has 5 heteroatoms. The average Bonchev–Trinajstić information content (AvgIpc) is 2.91. The molecule has 2 rings (SSSR count). The van der Waals surface area contributed by atoms with Gasteiger partial charge in [-0.15, -0.1) is 0 Å². The number of benzene rings is 1. The van der Waals surface area contributed by atoms with Crippen LogP contribution < -0.4 is 14.8 Å². The molecule has 0 aliphatic rings. The number of nitrogens with zero attached hydrogens (tertiary/aromatic N) is 2. The fraction of sp³-hybridized carbons (Fsp3) is 0.438. The van der Waals surface area contributed by atoms with Gasteiger partial charge in [0.25, 0.3) is 0 Å².